The number of aryl methyl sites for hydroxylation is 1. The molecule has 0 radical (unpaired) electrons. The van der Waals surface area contributed by atoms with Crippen LogP contribution in [0.15, 0.2) is 5.38 Å². The fraction of sp³-hybridized carbons (Fsp3) is 0.692. The summed E-state index contributed by atoms with van der Waals surface area (Å²) in [5.41, 5.74) is 0.255. The van der Waals surface area contributed by atoms with Gasteiger partial charge < -0.3 is 10.4 Å². The zero-order chi connectivity index (χ0) is 14.3. The first kappa shape index (κ1) is 16.5. The molecule has 19 heavy (non-hydrogen) atoms. The van der Waals surface area contributed by atoms with Crippen LogP contribution in [0.5, 0.6) is 0 Å². The average Bonchev–Trinajstić information content (AvgIpc) is 2.82. The van der Waals surface area contributed by atoms with Gasteiger partial charge in [-0.25, -0.2) is 4.98 Å². The van der Waals surface area contributed by atoms with E-state index < -0.39 is 5.60 Å². The summed E-state index contributed by atoms with van der Waals surface area (Å²) in [5.74, 6) is 1.13. The molecule has 0 fully saturated rings. The molecule has 1 amide bonds. The molecule has 1 aromatic heterocycles. The number of nitrogens with zero attached hydrogens (tertiary/aromatic N) is 1. The fourth-order valence-electron chi connectivity index (χ4n) is 1.54. The molecule has 0 saturated heterocycles. The maximum Gasteiger partial charge on any atom is 0.230 e. The highest BCUT2D eigenvalue weighted by atomic mass is 32.2. The topological polar surface area (TPSA) is 62.2 Å². The summed E-state index contributed by atoms with van der Waals surface area (Å²) < 4.78 is 0. The molecule has 0 aromatic carbocycles. The van der Waals surface area contributed by atoms with E-state index in [4.69, 9.17) is 0 Å². The van der Waals surface area contributed by atoms with E-state index in [-0.39, 0.29) is 5.91 Å². The lowest BCUT2D eigenvalue weighted by molar-refractivity contribution is -0.119. The van der Waals surface area contributed by atoms with Gasteiger partial charge in [-0.05, 0) is 19.8 Å². The Balaban J connectivity index is 2.21. The number of rotatable bonds is 8. The fourth-order valence-corrected chi connectivity index (χ4v) is 3.00. The Hall–Kier alpha value is -0.590. The van der Waals surface area contributed by atoms with E-state index in [9.17, 15) is 9.90 Å². The van der Waals surface area contributed by atoms with Crippen molar-refractivity contribution in [1.82, 2.24) is 10.3 Å². The number of aromatic nitrogens is 1. The van der Waals surface area contributed by atoms with Crippen LogP contribution in [0.25, 0.3) is 0 Å². The summed E-state index contributed by atoms with van der Waals surface area (Å²) >= 11 is 3.17. The molecule has 2 N–H and O–H groups in total. The lowest BCUT2D eigenvalue weighted by Crippen LogP contribution is -2.42. The molecule has 0 bridgehead atoms. The summed E-state index contributed by atoms with van der Waals surface area (Å²) in [7, 11) is 0. The smallest absolute Gasteiger partial charge is 0.230 e. The van der Waals surface area contributed by atoms with Crippen LogP contribution in [0.3, 0.4) is 0 Å². The Morgan fingerprint density at radius 2 is 2.21 bits per heavy atom. The molecule has 0 unspecified atom stereocenters. The number of aliphatic hydroxyl groups is 1. The normalized spacial score (nSPS) is 11.6. The van der Waals surface area contributed by atoms with Crippen molar-refractivity contribution in [3.8, 4) is 0 Å². The minimum absolute atomic E-state index is 0.0303. The van der Waals surface area contributed by atoms with Crippen molar-refractivity contribution in [1.29, 1.82) is 0 Å². The Labute approximate surface area is 123 Å². The van der Waals surface area contributed by atoms with Gasteiger partial charge in [-0.15, -0.1) is 23.1 Å². The summed E-state index contributed by atoms with van der Waals surface area (Å²) in [6, 6.07) is 0. The van der Waals surface area contributed by atoms with Crippen LogP contribution in [0.2, 0.25) is 0 Å². The van der Waals surface area contributed by atoms with Crippen LogP contribution in [-0.4, -0.2) is 33.9 Å². The molecule has 0 atom stereocenters. The van der Waals surface area contributed by atoms with Gasteiger partial charge in [0.15, 0.2) is 0 Å². The number of hydrogen-bond acceptors (Lipinski definition) is 5. The molecular formula is C13H22N2O2S2. The van der Waals surface area contributed by atoms with Gasteiger partial charge in [0.25, 0.3) is 0 Å². The molecule has 0 aliphatic rings. The van der Waals surface area contributed by atoms with Crippen molar-refractivity contribution in [2.45, 2.75) is 45.0 Å². The zero-order valence-electron chi connectivity index (χ0n) is 11.7. The predicted octanol–water partition coefficient (Wildman–Crippen LogP) is 2.35. The van der Waals surface area contributed by atoms with E-state index in [1.807, 2.05) is 26.2 Å². The van der Waals surface area contributed by atoms with Gasteiger partial charge in [-0.3, -0.25) is 4.79 Å². The van der Waals surface area contributed by atoms with Crippen LogP contribution in [-0.2, 0) is 10.5 Å². The minimum Gasteiger partial charge on any atom is -0.388 e. The van der Waals surface area contributed by atoms with E-state index in [1.165, 1.54) is 0 Å². The van der Waals surface area contributed by atoms with Crippen molar-refractivity contribution in [2.75, 3.05) is 12.3 Å². The lowest BCUT2D eigenvalue weighted by atomic mass is 9.98. The molecule has 0 spiro atoms. The number of carbonyl (C=O) groups is 1. The standard InChI is InChI=1S/C13H22N2O2S2/c1-4-13(17,5-2)9-14-12(16)8-18-6-11-7-19-10(3)15-11/h7,17H,4-6,8-9H2,1-3H3,(H,14,16). The Morgan fingerprint density at radius 1 is 1.53 bits per heavy atom. The van der Waals surface area contributed by atoms with Gasteiger partial charge in [0, 0.05) is 17.7 Å². The molecule has 108 valence electrons. The summed E-state index contributed by atoms with van der Waals surface area (Å²) in [6.07, 6.45) is 1.30. The van der Waals surface area contributed by atoms with Crippen molar-refractivity contribution in [2.24, 2.45) is 0 Å². The summed E-state index contributed by atoms with van der Waals surface area (Å²) in [5, 5.41) is 15.9. The SMILES string of the molecule is CCC(O)(CC)CNC(=O)CSCc1csc(C)n1. The van der Waals surface area contributed by atoms with Crippen molar-refractivity contribution < 1.29 is 9.90 Å². The van der Waals surface area contributed by atoms with Crippen molar-refractivity contribution in [3.63, 3.8) is 0 Å². The quantitative estimate of drug-likeness (QED) is 0.774. The molecule has 1 heterocycles. The monoisotopic (exact) mass is 302 g/mol. The van der Waals surface area contributed by atoms with Gasteiger partial charge >= 0.3 is 0 Å². The zero-order valence-corrected chi connectivity index (χ0v) is 13.4. The van der Waals surface area contributed by atoms with Gasteiger partial charge in [0.05, 0.1) is 22.1 Å². The number of hydrogen-bond donors (Lipinski definition) is 2. The second kappa shape index (κ2) is 7.87. The predicted molar refractivity (Wildman–Crippen MR) is 81.6 cm³/mol. The van der Waals surface area contributed by atoms with Gasteiger partial charge in [-0.1, -0.05) is 13.8 Å². The van der Waals surface area contributed by atoms with Crippen molar-refractivity contribution in [3.05, 3.63) is 16.1 Å². The molecule has 1 aromatic rings. The first-order valence-electron chi connectivity index (χ1n) is 6.47. The van der Waals surface area contributed by atoms with Crippen molar-refractivity contribution >= 4 is 29.0 Å². The Bertz CT molecular complexity index is 403. The molecule has 1 rings (SSSR count). The van der Waals surface area contributed by atoms with Crippen LogP contribution >= 0.6 is 23.1 Å². The van der Waals surface area contributed by atoms with E-state index in [0.29, 0.717) is 25.1 Å². The molecular weight excluding hydrogens is 280 g/mol. The Kier molecular flexibility index (Phi) is 6.82. The van der Waals surface area contributed by atoms with E-state index in [1.54, 1.807) is 23.1 Å². The molecule has 0 aliphatic heterocycles. The second-order valence-corrected chi connectivity index (χ2v) is 6.61. The highest BCUT2D eigenvalue weighted by molar-refractivity contribution is 7.99. The summed E-state index contributed by atoms with van der Waals surface area (Å²) in [4.78, 5) is 16.0. The third kappa shape index (κ3) is 5.93. The number of thiazole rings is 1. The highest BCUT2D eigenvalue weighted by Gasteiger charge is 2.22. The number of carbonyl (C=O) groups excluding carboxylic acids is 1. The molecule has 6 heteroatoms. The van der Waals surface area contributed by atoms with Crippen LogP contribution in [0.1, 0.15) is 37.4 Å². The summed E-state index contributed by atoms with van der Waals surface area (Å²) in [6.45, 7) is 6.15. The number of amides is 1. The number of thioether (sulfide) groups is 1. The van der Waals surface area contributed by atoms with E-state index >= 15 is 0 Å². The van der Waals surface area contributed by atoms with Crippen LogP contribution in [0.4, 0.5) is 0 Å². The van der Waals surface area contributed by atoms with E-state index in [2.05, 4.69) is 10.3 Å². The maximum absolute atomic E-state index is 11.7. The first-order chi connectivity index (χ1) is 8.99. The molecule has 4 nitrogen and oxygen atoms in total. The molecule has 0 saturated carbocycles. The number of nitrogens with one attached hydrogen (secondary N) is 1. The molecule has 0 aliphatic carbocycles. The van der Waals surface area contributed by atoms with E-state index in [0.717, 1.165) is 16.5 Å². The van der Waals surface area contributed by atoms with Gasteiger partial charge in [0.1, 0.15) is 0 Å². The van der Waals surface area contributed by atoms with Crippen LogP contribution in [0, 0.1) is 6.92 Å². The van der Waals surface area contributed by atoms with Gasteiger partial charge in [-0.2, -0.15) is 0 Å². The van der Waals surface area contributed by atoms with Gasteiger partial charge in [0.2, 0.25) is 5.91 Å². The third-order valence-corrected chi connectivity index (χ3v) is 4.87. The highest BCUT2D eigenvalue weighted by Crippen LogP contribution is 2.15. The second-order valence-electron chi connectivity index (χ2n) is 4.56. The lowest BCUT2D eigenvalue weighted by Gasteiger charge is -2.25. The first-order valence-corrected chi connectivity index (χ1v) is 8.50. The van der Waals surface area contributed by atoms with Crippen LogP contribution < -0.4 is 5.32 Å². The Morgan fingerprint density at radius 3 is 2.74 bits per heavy atom. The largest absolute Gasteiger partial charge is 0.388 e. The third-order valence-electron chi connectivity index (χ3n) is 3.08. The average molecular weight is 302 g/mol. The maximum atomic E-state index is 11.7. The minimum atomic E-state index is -0.771.